The van der Waals surface area contributed by atoms with Gasteiger partial charge in [-0.05, 0) is 36.5 Å². The summed E-state index contributed by atoms with van der Waals surface area (Å²) < 4.78 is 11.5. The summed E-state index contributed by atoms with van der Waals surface area (Å²) in [6.07, 6.45) is 2.21. The van der Waals surface area contributed by atoms with Crippen molar-refractivity contribution in [3.8, 4) is 5.75 Å². The second kappa shape index (κ2) is 10.8. The quantitative estimate of drug-likeness (QED) is 0.734. The molecule has 2 aliphatic rings. The van der Waals surface area contributed by atoms with Crippen LogP contribution < -0.4 is 20.7 Å². The zero-order chi connectivity index (χ0) is 19.6. The third kappa shape index (κ3) is 7.09. The van der Waals surface area contributed by atoms with E-state index in [-0.39, 0.29) is 23.9 Å². The van der Waals surface area contributed by atoms with E-state index < -0.39 is 6.04 Å². The van der Waals surface area contributed by atoms with Crippen molar-refractivity contribution in [3.05, 3.63) is 29.8 Å². The number of hydrogen-bond acceptors (Lipinski definition) is 4. The number of hydrogen-bond donors (Lipinski definition) is 3. The van der Waals surface area contributed by atoms with Gasteiger partial charge in [-0.3, -0.25) is 4.79 Å². The number of fused-ring (bicyclic) bond motifs is 13. The molecule has 0 aromatic heterocycles. The van der Waals surface area contributed by atoms with Crippen molar-refractivity contribution in [2.75, 3.05) is 26.9 Å². The lowest BCUT2D eigenvalue weighted by Crippen LogP contribution is -2.54. The van der Waals surface area contributed by atoms with Crippen molar-refractivity contribution in [2.45, 2.75) is 45.2 Å². The maximum absolute atomic E-state index is 12.8. The molecule has 0 spiro atoms. The van der Waals surface area contributed by atoms with Crippen LogP contribution in [-0.2, 0) is 16.0 Å². The minimum absolute atomic E-state index is 0.113. The topological polar surface area (TPSA) is 88.7 Å². The molecule has 1 aromatic rings. The Labute approximate surface area is 161 Å². The van der Waals surface area contributed by atoms with Crippen LogP contribution in [0.1, 0.15) is 32.3 Å². The molecular weight excluding hydrogens is 346 g/mol. The van der Waals surface area contributed by atoms with E-state index in [0.717, 1.165) is 24.2 Å². The molecule has 0 unspecified atom stereocenters. The summed E-state index contributed by atoms with van der Waals surface area (Å²) >= 11 is 0. The molecule has 2 bridgehead atoms. The van der Waals surface area contributed by atoms with E-state index in [1.165, 1.54) is 7.05 Å². The van der Waals surface area contributed by atoms with Crippen LogP contribution in [0.5, 0.6) is 5.75 Å². The van der Waals surface area contributed by atoms with E-state index >= 15 is 0 Å². The number of ether oxygens (including phenoxy) is 2. The normalized spacial score (nSPS) is 22.0. The van der Waals surface area contributed by atoms with Crippen LogP contribution >= 0.6 is 0 Å². The monoisotopic (exact) mass is 377 g/mol. The summed E-state index contributed by atoms with van der Waals surface area (Å²) in [5.74, 6) is 0.802. The molecule has 27 heavy (non-hydrogen) atoms. The maximum atomic E-state index is 12.8. The molecule has 3 amide bonds. The second-order valence-electron chi connectivity index (χ2n) is 7.11. The molecule has 0 fully saturated rings. The van der Waals surface area contributed by atoms with Crippen LogP contribution in [-0.4, -0.2) is 50.9 Å². The number of benzene rings is 1. The van der Waals surface area contributed by atoms with Crippen LogP contribution in [0.2, 0.25) is 0 Å². The molecule has 0 saturated heterocycles. The molecule has 2 heterocycles. The Balaban J connectivity index is 2.19. The predicted molar refractivity (Wildman–Crippen MR) is 104 cm³/mol. The third-order valence-corrected chi connectivity index (χ3v) is 4.59. The predicted octanol–water partition coefficient (Wildman–Crippen LogP) is 1.86. The van der Waals surface area contributed by atoms with Crippen molar-refractivity contribution in [1.29, 1.82) is 0 Å². The summed E-state index contributed by atoms with van der Waals surface area (Å²) in [6.45, 7) is 5.81. The van der Waals surface area contributed by atoms with Crippen LogP contribution in [0, 0.1) is 5.92 Å². The molecule has 1 aromatic carbocycles. The van der Waals surface area contributed by atoms with Crippen LogP contribution in [0.3, 0.4) is 0 Å². The van der Waals surface area contributed by atoms with Crippen LogP contribution in [0.25, 0.3) is 0 Å². The van der Waals surface area contributed by atoms with Gasteiger partial charge in [0.25, 0.3) is 0 Å². The van der Waals surface area contributed by atoms with Crippen molar-refractivity contribution in [1.82, 2.24) is 16.0 Å². The van der Waals surface area contributed by atoms with Crippen molar-refractivity contribution in [2.24, 2.45) is 5.92 Å². The van der Waals surface area contributed by atoms with Gasteiger partial charge in [-0.15, -0.1) is 0 Å². The van der Waals surface area contributed by atoms with Gasteiger partial charge in [0.1, 0.15) is 11.8 Å². The zero-order valence-corrected chi connectivity index (χ0v) is 16.4. The summed E-state index contributed by atoms with van der Waals surface area (Å²) in [7, 11) is 1.53. The van der Waals surface area contributed by atoms with E-state index in [2.05, 4.69) is 16.0 Å². The van der Waals surface area contributed by atoms with E-state index in [1.807, 2.05) is 38.1 Å². The molecule has 3 rings (SSSR count). The highest BCUT2D eigenvalue weighted by molar-refractivity contribution is 5.87. The van der Waals surface area contributed by atoms with Crippen LogP contribution in [0.15, 0.2) is 24.3 Å². The minimum Gasteiger partial charge on any atom is -0.494 e. The van der Waals surface area contributed by atoms with Gasteiger partial charge in [0, 0.05) is 20.1 Å². The first-order valence-electron chi connectivity index (χ1n) is 9.57. The van der Waals surface area contributed by atoms with Crippen LogP contribution in [0.4, 0.5) is 4.79 Å². The zero-order valence-electron chi connectivity index (χ0n) is 16.4. The number of amides is 3. The average molecular weight is 377 g/mol. The molecule has 2 aliphatic heterocycles. The first-order valence-corrected chi connectivity index (χ1v) is 9.57. The summed E-state index contributed by atoms with van der Waals surface area (Å²) in [4.78, 5) is 24.7. The molecule has 7 heteroatoms. The van der Waals surface area contributed by atoms with Gasteiger partial charge in [-0.1, -0.05) is 26.0 Å². The highest BCUT2D eigenvalue weighted by Crippen LogP contribution is 2.15. The smallest absolute Gasteiger partial charge is 0.315 e. The van der Waals surface area contributed by atoms with E-state index in [4.69, 9.17) is 9.47 Å². The molecule has 7 nitrogen and oxygen atoms in total. The number of nitrogens with one attached hydrogen (secondary N) is 3. The van der Waals surface area contributed by atoms with Gasteiger partial charge in [0.05, 0.1) is 19.3 Å². The Kier molecular flexibility index (Phi) is 8.39. The summed E-state index contributed by atoms with van der Waals surface area (Å²) in [6, 6.07) is 6.46. The van der Waals surface area contributed by atoms with Crippen molar-refractivity contribution < 1.29 is 19.1 Å². The molecule has 0 radical (unpaired) electrons. The van der Waals surface area contributed by atoms with Gasteiger partial charge < -0.3 is 25.4 Å². The standard InChI is InChI=1S/C20H31N3O4/c1-14(2)18-13-26-10-4-5-11-27-16-8-6-15(7-9-16)12-17(19(24)22-18)23-20(25)21-3/h6-9,14,17-18H,4-5,10-13H2,1-3H3,(H,22,24)(H2,21,23,25)/t17-,18-/m1/s1. The molecular formula is C20H31N3O4. The Bertz CT molecular complexity index is 604. The number of rotatable bonds is 2. The van der Waals surface area contributed by atoms with Gasteiger partial charge in [-0.25, -0.2) is 4.79 Å². The maximum Gasteiger partial charge on any atom is 0.315 e. The fourth-order valence-electron chi connectivity index (χ4n) is 2.79. The fraction of sp³-hybridized carbons (Fsp3) is 0.600. The summed E-state index contributed by atoms with van der Waals surface area (Å²) in [5.41, 5.74) is 0.948. The summed E-state index contributed by atoms with van der Waals surface area (Å²) in [5, 5.41) is 8.27. The molecule has 150 valence electrons. The Morgan fingerprint density at radius 1 is 1.19 bits per heavy atom. The van der Waals surface area contributed by atoms with Crippen molar-refractivity contribution >= 4 is 11.9 Å². The lowest BCUT2D eigenvalue weighted by atomic mass is 10.0. The molecule has 0 saturated carbocycles. The van der Waals surface area contributed by atoms with E-state index in [0.29, 0.717) is 26.2 Å². The third-order valence-electron chi connectivity index (χ3n) is 4.59. The van der Waals surface area contributed by atoms with Gasteiger partial charge in [-0.2, -0.15) is 0 Å². The first kappa shape index (κ1) is 21.0. The van der Waals surface area contributed by atoms with Gasteiger partial charge in [0.15, 0.2) is 0 Å². The molecule has 0 aliphatic carbocycles. The highest BCUT2D eigenvalue weighted by atomic mass is 16.5. The lowest BCUT2D eigenvalue weighted by molar-refractivity contribution is -0.124. The van der Waals surface area contributed by atoms with E-state index in [1.54, 1.807) is 0 Å². The Hall–Kier alpha value is -2.28. The fourth-order valence-corrected chi connectivity index (χ4v) is 2.79. The van der Waals surface area contributed by atoms with E-state index in [9.17, 15) is 9.59 Å². The first-order chi connectivity index (χ1) is 13.0. The van der Waals surface area contributed by atoms with Crippen molar-refractivity contribution in [3.63, 3.8) is 0 Å². The second-order valence-corrected chi connectivity index (χ2v) is 7.11. The SMILES string of the molecule is CNC(=O)N[C@@H]1Cc2ccc(cc2)OCCCCOC[C@H](C(C)C)NC1=O. The number of urea groups is 1. The number of carbonyl (C=O) groups is 2. The van der Waals surface area contributed by atoms with Gasteiger partial charge >= 0.3 is 6.03 Å². The Morgan fingerprint density at radius 2 is 1.89 bits per heavy atom. The largest absolute Gasteiger partial charge is 0.494 e. The Morgan fingerprint density at radius 3 is 2.56 bits per heavy atom. The molecule has 2 atom stereocenters. The van der Waals surface area contributed by atoms with Gasteiger partial charge in [0.2, 0.25) is 5.91 Å². The highest BCUT2D eigenvalue weighted by Gasteiger charge is 2.25. The lowest BCUT2D eigenvalue weighted by Gasteiger charge is -2.26. The molecule has 3 N–H and O–H groups in total. The minimum atomic E-state index is -0.675. The average Bonchev–Trinajstić information content (AvgIpc) is 2.65. The number of carbonyl (C=O) groups excluding carboxylic acids is 2.